The molecule has 16 heavy (non-hydrogen) atoms. The molecule has 0 spiro atoms. The van der Waals surface area contributed by atoms with Gasteiger partial charge < -0.3 is 0 Å². The summed E-state index contributed by atoms with van der Waals surface area (Å²) in [5.74, 6) is -0.0885. The highest BCUT2D eigenvalue weighted by Crippen LogP contribution is 2.24. The number of rotatable bonds is 2. The van der Waals surface area contributed by atoms with E-state index < -0.39 is 0 Å². The van der Waals surface area contributed by atoms with Crippen molar-refractivity contribution in [3.05, 3.63) is 51.2 Å². The Balaban J connectivity index is 2.42. The molecule has 1 aromatic heterocycles. The second-order valence-corrected chi connectivity index (χ2v) is 4.56. The zero-order chi connectivity index (χ0) is 11.7. The number of aryl methyl sites for hydroxylation is 1. The van der Waals surface area contributed by atoms with Crippen molar-refractivity contribution in [1.82, 2.24) is 9.78 Å². The smallest absolute Gasteiger partial charge is 0.211 e. The van der Waals surface area contributed by atoms with Gasteiger partial charge in [-0.1, -0.05) is 11.6 Å². The summed E-state index contributed by atoms with van der Waals surface area (Å²) in [5, 5.41) is 4.48. The third kappa shape index (κ3) is 2.03. The number of hydrogen-bond acceptors (Lipinski definition) is 2. The van der Waals surface area contributed by atoms with Crippen LogP contribution in [0.5, 0.6) is 0 Å². The maximum Gasteiger partial charge on any atom is 0.211 e. The van der Waals surface area contributed by atoms with Gasteiger partial charge in [0, 0.05) is 23.3 Å². The maximum absolute atomic E-state index is 12.1. The first-order valence-electron chi connectivity index (χ1n) is 4.57. The number of benzene rings is 1. The van der Waals surface area contributed by atoms with Crippen LogP contribution in [0.1, 0.15) is 16.1 Å². The van der Waals surface area contributed by atoms with E-state index in [0.29, 0.717) is 16.3 Å². The van der Waals surface area contributed by atoms with Gasteiger partial charge in [-0.25, -0.2) is 0 Å². The van der Waals surface area contributed by atoms with Crippen LogP contribution >= 0.6 is 27.5 Å². The van der Waals surface area contributed by atoms with Gasteiger partial charge in [0.05, 0.1) is 5.02 Å². The summed E-state index contributed by atoms with van der Waals surface area (Å²) < 4.78 is 2.31. The average Bonchev–Trinajstić information content (AvgIpc) is 2.67. The number of aromatic nitrogens is 2. The molecule has 0 amide bonds. The van der Waals surface area contributed by atoms with Gasteiger partial charge >= 0.3 is 0 Å². The van der Waals surface area contributed by atoms with Gasteiger partial charge in [-0.3, -0.25) is 9.48 Å². The zero-order valence-electron chi connectivity index (χ0n) is 8.45. The third-order valence-corrected chi connectivity index (χ3v) is 3.47. The van der Waals surface area contributed by atoms with Crippen molar-refractivity contribution in [2.75, 3.05) is 0 Å². The Kier molecular flexibility index (Phi) is 3.12. The Hall–Kier alpha value is -1.13. The van der Waals surface area contributed by atoms with Crippen molar-refractivity contribution >= 4 is 33.3 Å². The van der Waals surface area contributed by atoms with Crippen LogP contribution in [0.25, 0.3) is 0 Å². The highest BCUT2D eigenvalue weighted by molar-refractivity contribution is 9.10. The van der Waals surface area contributed by atoms with Crippen LogP contribution in [0.3, 0.4) is 0 Å². The first-order valence-corrected chi connectivity index (χ1v) is 5.74. The van der Waals surface area contributed by atoms with E-state index in [1.807, 2.05) is 0 Å². The van der Waals surface area contributed by atoms with Gasteiger partial charge in [0.2, 0.25) is 5.78 Å². The second-order valence-electron chi connectivity index (χ2n) is 3.30. The Morgan fingerprint density at radius 1 is 1.44 bits per heavy atom. The summed E-state index contributed by atoms with van der Waals surface area (Å²) in [5.41, 5.74) is 1.09. The summed E-state index contributed by atoms with van der Waals surface area (Å²) in [6.45, 7) is 0. The van der Waals surface area contributed by atoms with E-state index >= 15 is 0 Å². The van der Waals surface area contributed by atoms with Crippen molar-refractivity contribution in [1.29, 1.82) is 0 Å². The number of ketones is 1. The molecule has 0 saturated carbocycles. The highest BCUT2D eigenvalue weighted by atomic mass is 79.9. The predicted molar refractivity (Wildman–Crippen MR) is 65.8 cm³/mol. The van der Waals surface area contributed by atoms with Gasteiger partial charge in [0.15, 0.2) is 0 Å². The minimum absolute atomic E-state index is 0.0885. The molecule has 2 rings (SSSR count). The van der Waals surface area contributed by atoms with Crippen molar-refractivity contribution < 1.29 is 4.79 Å². The number of carbonyl (C=O) groups excluding carboxylic acids is 1. The van der Waals surface area contributed by atoms with Gasteiger partial charge in [0.25, 0.3) is 0 Å². The lowest BCUT2D eigenvalue weighted by Gasteiger charge is -2.03. The number of hydrogen-bond donors (Lipinski definition) is 0. The van der Waals surface area contributed by atoms with Crippen LogP contribution in [-0.4, -0.2) is 15.6 Å². The van der Waals surface area contributed by atoms with E-state index in [-0.39, 0.29) is 5.78 Å². The first-order chi connectivity index (χ1) is 7.59. The van der Waals surface area contributed by atoms with Crippen LogP contribution in [0.2, 0.25) is 5.02 Å². The molecular formula is C11H8BrClN2O. The maximum atomic E-state index is 12.1. The van der Waals surface area contributed by atoms with E-state index in [2.05, 4.69) is 21.0 Å². The lowest BCUT2D eigenvalue weighted by atomic mass is 10.1. The van der Waals surface area contributed by atoms with E-state index in [1.165, 1.54) is 4.68 Å². The number of halogens is 2. The molecule has 0 atom stereocenters. The van der Waals surface area contributed by atoms with E-state index in [4.69, 9.17) is 11.6 Å². The zero-order valence-corrected chi connectivity index (χ0v) is 10.8. The topological polar surface area (TPSA) is 34.9 Å². The molecule has 0 fully saturated rings. The summed E-state index contributed by atoms with van der Waals surface area (Å²) in [4.78, 5) is 12.1. The van der Waals surface area contributed by atoms with Crippen molar-refractivity contribution in [3.63, 3.8) is 0 Å². The normalized spacial score (nSPS) is 10.4. The molecule has 2 aromatic rings. The molecule has 3 nitrogen and oxygen atoms in total. The van der Waals surface area contributed by atoms with Crippen LogP contribution in [0, 0.1) is 0 Å². The highest BCUT2D eigenvalue weighted by Gasteiger charge is 2.13. The van der Waals surface area contributed by atoms with Crippen molar-refractivity contribution in [2.45, 2.75) is 0 Å². The summed E-state index contributed by atoms with van der Waals surface area (Å²) >= 11 is 9.22. The molecule has 5 heteroatoms. The SMILES string of the molecule is Cn1nccc1C(=O)c1ccc(Br)c(Cl)c1. The van der Waals surface area contributed by atoms with Crippen molar-refractivity contribution in [3.8, 4) is 0 Å². The van der Waals surface area contributed by atoms with Gasteiger partial charge in [0.1, 0.15) is 5.69 Å². The average molecular weight is 300 g/mol. The minimum Gasteiger partial charge on any atom is -0.287 e. The lowest BCUT2D eigenvalue weighted by Crippen LogP contribution is -2.08. The Bertz CT molecular complexity index is 551. The minimum atomic E-state index is -0.0885. The molecule has 0 bridgehead atoms. The molecule has 0 aliphatic carbocycles. The Labute approximate surface area is 106 Å². The molecule has 0 aliphatic rings. The predicted octanol–water partition coefficient (Wildman–Crippen LogP) is 3.07. The van der Waals surface area contributed by atoms with Crippen LogP contribution in [0.15, 0.2) is 34.9 Å². The van der Waals surface area contributed by atoms with Crippen LogP contribution < -0.4 is 0 Å². The lowest BCUT2D eigenvalue weighted by molar-refractivity contribution is 0.103. The Morgan fingerprint density at radius 3 is 2.75 bits per heavy atom. The second kappa shape index (κ2) is 4.39. The summed E-state index contributed by atoms with van der Waals surface area (Å²) in [6.07, 6.45) is 1.59. The summed E-state index contributed by atoms with van der Waals surface area (Å²) in [6, 6.07) is 6.80. The number of carbonyl (C=O) groups is 1. The van der Waals surface area contributed by atoms with Gasteiger partial charge in [-0.15, -0.1) is 0 Å². The largest absolute Gasteiger partial charge is 0.287 e. The fourth-order valence-corrected chi connectivity index (χ4v) is 1.81. The molecule has 1 heterocycles. The molecule has 0 saturated heterocycles. The summed E-state index contributed by atoms with van der Waals surface area (Å²) in [7, 11) is 1.73. The standard InChI is InChI=1S/C11H8BrClN2O/c1-15-10(4-5-14-15)11(16)7-2-3-8(12)9(13)6-7/h2-6H,1H3. The molecule has 1 aromatic carbocycles. The molecule has 0 unspecified atom stereocenters. The molecule has 82 valence electrons. The van der Waals surface area contributed by atoms with Gasteiger partial charge in [-0.05, 0) is 40.2 Å². The third-order valence-electron chi connectivity index (χ3n) is 2.24. The van der Waals surface area contributed by atoms with Crippen molar-refractivity contribution in [2.24, 2.45) is 7.05 Å². The monoisotopic (exact) mass is 298 g/mol. The Morgan fingerprint density at radius 2 is 2.19 bits per heavy atom. The molecule has 0 N–H and O–H groups in total. The fourth-order valence-electron chi connectivity index (χ4n) is 1.38. The quantitative estimate of drug-likeness (QED) is 0.799. The molecular weight excluding hydrogens is 291 g/mol. The van der Waals surface area contributed by atoms with E-state index in [9.17, 15) is 4.79 Å². The van der Waals surface area contributed by atoms with Crippen LogP contribution in [-0.2, 0) is 7.05 Å². The molecule has 0 radical (unpaired) electrons. The van der Waals surface area contributed by atoms with Gasteiger partial charge in [-0.2, -0.15) is 5.10 Å². The van der Waals surface area contributed by atoms with Crippen LogP contribution in [0.4, 0.5) is 0 Å². The first kappa shape index (κ1) is 11.4. The number of nitrogens with zero attached hydrogens (tertiary/aromatic N) is 2. The molecule has 0 aliphatic heterocycles. The van der Waals surface area contributed by atoms with E-state index in [0.717, 1.165) is 4.47 Å². The fraction of sp³-hybridized carbons (Fsp3) is 0.0909. The van der Waals surface area contributed by atoms with E-state index in [1.54, 1.807) is 37.5 Å².